The molecule has 1 saturated heterocycles. The van der Waals surface area contributed by atoms with Crippen LogP contribution in [0.3, 0.4) is 0 Å². The zero-order chi connectivity index (χ0) is 10.0. The van der Waals surface area contributed by atoms with E-state index in [1.807, 2.05) is 0 Å². The van der Waals surface area contributed by atoms with E-state index in [9.17, 15) is 0 Å². The third kappa shape index (κ3) is 0.988. The second-order valence-electron chi connectivity index (χ2n) is 6.82. The first kappa shape index (κ1) is 9.04. The average molecular weight is 205 g/mol. The van der Waals surface area contributed by atoms with Gasteiger partial charge >= 0.3 is 0 Å². The fourth-order valence-electron chi connectivity index (χ4n) is 6.03. The quantitative estimate of drug-likeness (QED) is 0.588. The van der Waals surface area contributed by atoms with Crippen molar-refractivity contribution in [1.82, 2.24) is 4.90 Å². The van der Waals surface area contributed by atoms with Crippen molar-refractivity contribution in [3.8, 4) is 0 Å². The summed E-state index contributed by atoms with van der Waals surface area (Å²) in [5.74, 6) is 4.43. The molecule has 4 bridgehead atoms. The van der Waals surface area contributed by atoms with Crippen molar-refractivity contribution in [1.29, 1.82) is 0 Å². The normalized spacial score (nSPS) is 58.2. The van der Waals surface area contributed by atoms with Crippen LogP contribution >= 0.6 is 0 Å². The van der Waals surface area contributed by atoms with Crippen LogP contribution in [0, 0.1) is 23.7 Å². The van der Waals surface area contributed by atoms with Crippen LogP contribution in [0.2, 0.25) is 0 Å². The minimum absolute atomic E-state index is 0.688. The zero-order valence-corrected chi connectivity index (χ0v) is 9.91. The van der Waals surface area contributed by atoms with E-state index in [1.54, 1.807) is 32.1 Å². The van der Waals surface area contributed by atoms with Gasteiger partial charge in [-0.2, -0.15) is 0 Å². The summed E-state index contributed by atoms with van der Waals surface area (Å²) in [4.78, 5) is 2.76. The molecule has 0 aromatic rings. The molecule has 5 aliphatic rings. The van der Waals surface area contributed by atoms with Gasteiger partial charge in [-0.05, 0) is 82.2 Å². The van der Waals surface area contributed by atoms with Gasteiger partial charge < -0.3 is 4.90 Å². The van der Waals surface area contributed by atoms with Gasteiger partial charge in [0.2, 0.25) is 0 Å². The number of hydrogen-bond acceptors (Lipinski definition) is 1. The number of likely N-dealkylation sites (tertiary alicyclic amines) is 1. The lowest BCUT2D eigenvalue weighted by molar-refractivity contribution is -0.111. The molecular formula is C14H23N. The van der Waals surface area contributed by atoms with Crippen molar-refractivity contribution in [2.45, 2.75) is 50.5 Å². The summed E-state index contributed by atoms with van der Waals surface area (Å²) in [5.41, 5.74) is 0.688. The van der Waals surface area contributed by atoms with Gasteiger partial charge in [0.1, 0.15) is 0 Å². The second kappa shape index (κ2) is 2.80. The summed E-state index contributed by atoms with van der Waals surface area (Å²) >= 11 is 0. The first-order valence-corrected chi connectivity index (χ1v) is 7.00. The number of hydrogen-bond donors (Lipinski definition) is 0. The van der Waals surface area contributed by atoms with Crippen molar-refractivity contribution in [2.24, 2.45) is 23.7 Å². The predicted molar refractivity (Wildman–Crippen MR) is 61.6 cm³/mol. The van der Waals surface area contributed by atoms with Gasteiger partial charge in [0.25, 0.3) is 0 Å². The fourth-order valence-corrected chi connectivity index (χ4v) is 6.03. The maximum Gasteiger partial charge on any atom is 0.0263 e. The molecule has 1 spiro atoms. The maximum absolute atomic E-state index is 2.76. The van der Waals surface area contributed by atoms with E-state index < -0.39 is 0 Å². The van der Waals surface area contributed by atoms with Gasteiger partial charge in [0.15, 0.2) is 0 Å². The van der Waals surface area contributed by atoms with Gasteiger partial charge in [0, 0.05) is 5.54 Å². The Kier molecular flexibility index (Phi) is 1.68. The number of nitrogens with zero attached hydrogens (tertiary/aromatic N) is 1. The lowest BCUT2D eigenvalue weighted by Crippen LogP contribution is -2.62. The van der Waals surface area contributed by atoms with Crippen LogP contribution in [0.25, 0.3) is 0 Å². The van der Waals surface area contributed by atoms with Crippen molar-refractivity contribution in [3.63, 3.8) is 0 Å². The zero-order valence-electron chi connectivity index (χ0n) is 9.91. The highest BCUT2D eigenvalue weighted by atomic mass is 15.2. The topological polar surface area (TPSA) is 3.24 Å². The van der Waals surface area contributed by atoms with Crippen molar-refractivity contribution in [2.75, 3.05) is 13.6 Å². The van der Waals surface area contributed by atoms with E-state index in [2.05, 4.69) is 11.9 Å². The van der Waals surface area contributed by atoms with E-state index in [-0.39, 0.29) is 0 Å². The Hall–Kier alpha value is -0.0400. The van der Waals surface area contributed by atoms with Crippen molar-refractivity contribution < 1.29 is 0 Å². The van der Waals surface area contributed by atoms with Crippen LogP contribution < -0.4 is 0 Å². The third-order valence-electron chi connectivity index (χ3n) is 6.33. The molecule has 15 heavy (non-hydrogen) atoms. The van der Waals surface area contributed by atoms with Gasteiger partial charge in [0.05, 0.1) is 0 Å². The van der Waals surface area contributed by atoms with Crippen LogP contribution in [-0.2, 0) is 0 Å². The molecule has 0 atom stereocenters. The second-order valence-corrected chi connectivity index (χ2v) is 6.82. The van der Waals surface area contributed by atoms with Crippen molar-refractivity contribution in [3.05, 3.63) is 0 Å². The molecular weight excluding hydrogens is 182 g/mol. The van der Waals surface area contributed by atoms with Crippen LogP contribution in [0.5, 0.6) is 0 Å². The van der Waals surface area contributed by atoms with E-state index in [0.717, 1.165) is 23.7 Å². The largest absolute Gasteiger partial charge is 0.300 e. The molecule has 5 rings (SSSR count). The minimum atomic E-state index is 0.688. The lowest BCUT2D eigenvalue weighted by atomic mass is 9.48. The Balaban J connectivity index is 1.75. The Bertz CT molecular complexity index is 255. The summed E-state index contributed by atoms with van der Waals surface area (Å²) in [6.07, 6.45) is 10.9. The van der Waals surface area contributed by atoms with Crippen LogP contribution in [0.1, 0.15) is 44.9 Å². The van der Waals surface area contributed by atoms with E-state index >= 15 is 0 Å². The molecule has 0 aromatic carbocycles. The smallest absolute Gasteiger partial charge is 0.0263 e. The van der Waals surface area contributed by atoms with Crippen molar-refractivity contribution >= 4 is 0 Å². The highest BCUT2D eigenvalue weighted by molar-refractivity contribution is 5.13. The molecule has 5 fully saturated rings. The van der Waals surface area contributed by atoms with Crippen LogP contribution in [0.15, 0.2) is 0 Å². The molecule has 0 amide bonds. The summed E-state index contributed by atoms with van der Waals surface area (Å²) in [6, 6.07) is 0. The Morgan fingerprint density at radius 1 is 0.933 bits per heavy atom. The first-order chi connectivity index (χ1) is 7.29. The minimum Gasteiger partial charge on any atom is -0.300 e. The number of rotatable bonds is 0. The fraction of sp³-hybridized carbons (Fsp3) is 1.00. The summed E-state index contributed by atoms with van der Waals surface area (Å²) in [6.45, 7) is 1.38. The summed E-state index contributed by atoms with van der Waals surface area (Å²) < 4.78 is 0. The highest BCUT2D eigenvalue weighted by Gasteiger charge is 2.59. The molecule has 4 aliphatic carbocycles. The molecule has 1 heterocycles. The summed E-state index contributed by atoms with van der Waals surface area (Å²) in [5, 5.41) is 0. The predicted octanol–water partition coefficient (Wildman–Crippen LogP) is 2.91. The molecule has 1 aliphatic heterocycles. The van der Waals surface area contributed by atoms with Crippen LogP contribution in [0.4, 0.5) is 0 Å². The monoisotopic (exact) mass is 205 g/mol. The lowest BCUT2D eigenvalue weighted by Gasteiger charge is -2.62. The van der Waals surface area contributed by atoms with E-state index in [1.165, 1.54) is 19.4 Å². The molecule has 1 nitrogen and oxygen atoms in total. The van der Waals surface area contributed by atoms with Gasteiger partial charge in [-0.15, -0.1) is 0 Å². The Labute approximate surface area is 93.2 Å². The standard InChI is InChI=1S/C14H23N/c1-15-4-2-3-14(15)12-6-10-5-11(8-12)9-13(14)7-10/h10-13H,2-9H2,1H3. The molecule has 0 N–H and O–H groups in total. The molecule has 0 radical (unpaired) electrons. The Morgan fingerprint density at radius 2 is 1.53 bits per heavy atom. The highest BCUT2D eigenvalue weighted by Crippen LogP contribution is 2.62. The summed E-state index contributed by atoms with van der Waals surface area (Å²) in [7, 11) is 2.41. The molecule has 4 saturated carbocycles. The van der Waals surface area contributed by atoms with Crippen LogP contribution in [-0.4, -0.2) is 24.0 Å². The molecule has 0 aromatic heterocycles. The van der Waals surface area contributed by atoms with Gasteiger partial charge in [-0.3, -0.25) is 0 Å². The van der Waals surface area contributed by atoms with Gasteiger partial charge in [-0.1, -0.05) is 0 Å². The average Bonchev–Trinajstić information content (AvgIpc) is 2.57. The molecule has 84 valence electrons. The third-order valence-corrected chi connectivity index (χ3v) is 6.33. The maximum atomic E-state index is 2.76. The van der Waals surface area contributed by atoms with E-state index in [0.29, 0.717) is 5.54 Å². The SMILES string of the molecule is CN1CCCC12C1CC3CC(C1)CC2C3. The van der Waals surface area contributed by atoms with E-state index in [4.69, 9.17) is 0 Å². The first-order valence-electron chi connectivity index (χ1n) is 7.00. The molecule has 0 unspecified atom stereocenters. The Morgan fingerprint density at radius 3 is 2.00 bits per heavy atom. The van der Waals surface area contributed by atoms with Gasteiger partial charge in [-0.25, -0.2) is 0 Å². The molecule has 1 heteroatoms.